The second-order valence-electron chi connectivity index (χ2n) is 12.3. The number of pyridine rings is 1. The molecule has 2 fully saturated rings. The first-order valence-corrected chi connectivity index (χ1v) is 14.7. The Hall–Kier alpha value is -4.35. The van der Waals surface area contributed by atoms with E-state index in [9.17, 15) is 18.4 Å². The van der Waals surface area contributed by atoms with E-state index < -0.39 is 23.3 Å². The molecule has 1 N–H and O–H groups in total. The zero-order valence-corrected chi connectivity index (χ0v) is 24.5. The number of carbonyl (C=O) groups excluding carboxylic acids is 2. The molecule has 0 radical (unpaired) electrons. The van der Waals surface area contributed by atoms with Crippen LogP contribution in [0.15, 0.2) is 49.1 Å². The number of ether oxygens (including phenoxy) is 1. The number of fused-ring (bicyclic) bond motifs is 1. The molecule has 4 heterocycles. The average molecular weight is 592 g/mol. The number of halogens is 2. The minimum atomic E-state index is -0.642. The summed E-state index contributed by atoms with van der Waals surface area (Å²) in [7, 11) is 0. The first-order valence-electron chi connectivity index (χ1n) is 14.7. The van der Waals surface area contributed by atoms with E-state index in [4.69, 9.17) is 4.74 Å². The van der Waals surface area contributed by atoms with E-state index in [0.717, 1.165) is 43.9 Å². The average Bonchev–Trinajstić information content (AvgIpc) is 3.73. The molecule has 1 saturated heterocycles. The Morgan fingerprint density at radius 3 is 2.58 bits per heavy atom. The smallest absolute Gasteiger partial charge is 0.436 e. The van der Waals surface area contributed by atoms with Crippen molar-refractivity contribution in [3.05, 3.63) is 77.6 Å². The van der Waals surface area contributed by atoms with Crippen molar-refractivity contribution in [2.75, 3.05) is 11.4 Å². The lowest BCUT2D eigenvalue weighted by Gasteiger charge is -2.29. The topological polar surface area (TPSA) is 107 Å². The lowest BCUT2D eigenvalue weighted by molar-refractivity contribution is 0.0504. The Balaban J connectivity index is 1.13. The van der Waals surface area contributed by atoms with Crippen LogP contribution in [0.4, 0.5) is 19.3 Å². The Kier molecular flexibility index (Phi) is 7.61. The highest BCUT2D eigenvalue weighted by atomic mass is 19.1. The number of benzene rings is 1. The lowest BCUT2D eigenvalue weighted by atomic mass is 9.85. The van der Waals surface area contributed by atoms with Gasteiger partial charge in [-0.3, -0.25) is 4.79 Å². The molecule has 1 aliphatic carbocycles. The largest absolute Gasteiger partial charge is 0.442 e. The number of anilines is 1. The van der Waals surface area contributed by atoms with Crippen LogP contribution in [0.5, 0.6) is 0 Å². The number of aromatic nitrogens is 5. The van der Waals surface area contributed by atoms with Gasteiger partial charge < -0.3 is 15.0 Å². The molecule has 2 aliphatic rings. The van der Waals surface area contributed by atoms with Gasteiger partial charge in [-0.15, -0.1) is 9.78 Å². The van der Waals surface area contributed by atoms with E-state index in [-0.39, 0.29) is 23.9 Å². The van der Waals surface area contributed by atoms with E-state index in [1.807, 2.05) is 12.1 Å². The van der Waals surface area contributed by atoms with Crippen molar-refractivity contribution in [1.29, 1.82) is 0 Å². The number of amides is 1. The Labute approximate surface area is 248 Å². The van der Waals surface area contributed by atoms with Crippen molar-refractivity contribution in [2.45, 2.75) is 82.9 Å². The molecule has 3 aromatic heterocycles. The summed E-state index contributed by atoms with van der Waals surface area (Å²) >= 11 is 0. The molecule has 1 saturated carbocycles. The van der Waals surface area contributed by atoms with Gasteiger partial charge in [0, 0.05) is 36.0 Å². The SMILES string of the molecule is CC(C)(C)OC(=O)n1ncnc1[C@H]1CC[C@H](NC(=O)c2cnn3ccc(N4CCC[C@@H]4c4cc(F)ccc4F)cc23)CC1. The second-order valence-corrected chi connectivity index (χ2v) is 12.3. The molecule has 12 heteroatoms. The number of rotatable bonds is 5. The standard InChI is InChI=1S/C31H35F2N7O3/c1-31(2,3)43-30(42)40-28(34-18-36-40)19-6-9-21(10-7-19)37-29(41)24-17-35-39-14-12-22(16-27(24)39)38-13-4-5-26(38)23-15-20(32)8-11-25(23)33/h8,11-12,14-19,21,26H,4-7,9-10,13H2,1-3H3,(H,37,41)/t19-,21-,26-/m1/s1. The molecule has 43 heavy (non-hydrogen) atoms. The van der Waals surface area contributed by atoms with Gasteiger partial charge in [0.15, 0.2) is 0 Å². The van der Waals surface area contributed by atoms with Crippen LogP contribution in [0, 0.1) is 11.6 Å². The molecular formula is C31H35F2N7O3. The summed E-state index contributed by atoms with van der Waals surface area (Å²) < 4.78 is 36.9. The fourth-order valence-electron chi connectivity index (χ4n) is 6.23. The number of hydrogen-bond acceptors (Lipinski definition) is 7. The van der Waals surface area contributed by atoms with Crippen molar-refractivity contribution < 1.29 is 23.1 Å². The molecule has 0 bridgehead atoms. The molecule has 1 aliphatic heterocycles. The van der Waals surface area contributed by atoms with Crippen molar-refractivity contribution >= 4 is 23.2 Å². The highest BCUT2D eigenvalue weighted by Gasteiger charge is 2.32. The van der Waals surface area contributed by atoms with Gasteiger partial charge in [-0.1, -0.05) is 0 Å². The quantitative estimate of drug-likeness (QED) is 0.313. The van der Waals surface area contributed by atoms with Gasteiger partial charge in [-0.05, 0) is 89.6 Å². The number of hydrogen-bond donors (Lipinski definition) is 1. The molecular weight excluding hydrogens is 556 g/mol. The van der Waals surface area contributed by atoms with Gasteiger partial charge in [-0.2, -0.15) is 5.10 Å². The Morgan fingerprint density at radius 2 is 1.81 bits per heavy atom. The number of nitrogens with one attached hydrogen (secondary N) is 1. The van der Waals surface area contributed by atoms with Crippen LogP contribution < -0.4 is 10.2 Å². The van der Waals surface area contributed by atoms with Crippen LogP contribution in [-0.4, -0.2) is 54.6 Å². The molecule has 1 atom stereocenters. The third-order valence-corrected chi connectivity index (χ3v) is 8.22. The summed E-state index contributed by atoms with van der Waals surface area (Å²) in [5, 5.41) is 11.6. The normalized spacial score (nSPS) is 20.9. The predicted molar refractivity (Wildman–Crippen MR) is 155 cm³/mol. The van der Waals surface area contributed by atoms with Crippen LogP contribution in [0.3, 0.4) is 0 Å². The van der Waals surface area contributed by atoms with Gasteiger partial charge >= 0.3 is 6.09 Å². The predicted octanol–water partition coefficient (Wildman–Crippen LogP) is 5.78. The van der Waals surface area contributed by atoms with E-state index in [1.54, 1.807) is 37.7 Å². The Morgan fingerprint density at radius 1 is 1.02 bits per heavy atom. The number of nitrogens with zero attached hydrogens (tertiary/aromatic N) is 6. The summed E-state index contributed by atoms with van der Waals surface area (Å²) in [5.74, 6) is -0.510. The molecule has 0 unspecified atom stereocenters. The maximum absolute atomic E-state index is 14.6. The summed E-state index contributed by atoms with van der Waals surface area (Å²) in [4.78, 5) is 32.4. The monoisotopic (exact) mass is 591 g/mol. The molecule has 226 valence electrons. The van der Waals surface area contributed by atoms with Gasteiger partial charge in [0.05, 0.1) is 23.3 Å². The summed E-state index contributed by atoms with van der Waals surface area (Å²) in [6, 6.07) is 7.00. The third-order valence-electron chi connectivity index (χ3n) is 8.22. The lowest BCUT2D eigenvalue weighted by Crippen LogP contribution is -2.38. The van der Waals surface area contributed by atoms with E-state index in [1.165, 1.54) is 23.1 Å². The van der Waals surface area contributed by atoms with Crippen molar-refractivity contribution in [3.63, 3.8) is 0 Å². The molecule has 6 rings (SSSR count). The van der Waals surface area contributed by atoms with Crippen LogP contribution >= 0.6 is 0 Å². The third kappa shape index (κ3) is 5.95. The van der Waals surface area contributed by atoms with Crippen molar-refractivity contribution in [2.24, 2.45) is 0 Å². The minimum absolute atomic E-state index is 0.0269. The van der Waals surface area contributed by atoms with Gasteiger partial charge in [0.1, 0.15) is 29.4 Å². The first-order chi connectivity index (χ1) is 20.6. The van der Waals surface area contributed by atoms with Gasteiger partial charge in [-0.25, -0.2) is 23.1 Å². The molecule has 10 nitrogen and oxygen atoms in total. The van der Waals surface area contributed by atoms with Crippen molar-refractivity contribution in [1.82, 2.24) is 29.7 Å². The number of carbonyl (C=O) groups is 2. The van der Waals surface area contributed by atoms with Gasteiger partial charge in [0.25, 0.3) is 5.91 Å². The maximum Gasteiger partial charge on any atom is 0.436 e. The zero-order chi connectivity index (χ0) is 30.3. The van der Waals surface area contributed by atoms with Crippen LogP contribution in [0.2, 0.25) is 0 Å². The van der Waals surface area contributed by atoms with E-state index >= 15 is 0 Å². The summed E-state index contributed by atoms with van der Waals surface area (Å²) in [6.45, 7) is 6.10. The highest BCUT2D eigenvalue weighted by Crippen LogP contribution is 2.38. The fraction of sp³-hybridized carbons (Fsp3) is 0.452. The molecule has 1 amide bonds. The summed E-state index contributed by atoms with van der Waals surface area (Å²) in [6.07, 6.45) is 8.60. The summed E-state index contributed by atoms with van der Waals surface area (Å²) in [5.41, 5.74) is 1.60. The van der Waals surface area contributed by atoms with Crippen molar-refractivity contribution in [3.8, 4) is 0 Å². The molecule has 1 aromatic carbocycles. The highest BCUT2D eigenvalue weighted by molar-refractivity contribution is 6.01. The molecule has 4 aromatic rings. The fourth-order valence-corrected chi connectivity index (χ4v) is 6.23. The zero-order valence-electron chi connectivity index (χ0n) is 24.5. The van der Waals surface area contributed by atoms with E-state index in [0.29, 0.717) is 35.4 Å². The van der Waals surface area contributed by atoms with Crippen LogP contribution in [-0.2, 0) is 4.74 Å². The van der Waals surface area contributed by atoms with Crippen LogP contribution in [0.1, 0.15) is 93.0 Å². The first kappa shape index (κ1) is 28.8. The van der Waals surface area contributed by atoms with Crippen LogP contribution in [0.25, 0.3) is 5.52 Å². The Bertz CT molecular complexity index is 1650. The van der Waals surface area contributed by atoms with Gasteiger partial charge in [0.2, 0.25) is 0 Å². The molecule has 0 spiro atoms. The maximum atomic E-state index is 14.6. The van der Waals surface area contributed by atoms with E-state index in [2.05, 4.69) is 25.4 Å². The minimum Gasteiger partial charge on any atom is -0.442 e. The second kappa shape index (κ2) is 11.4.